The monoisotopic (exact) mass is 413 g/mol. The SMILES string of the molecule is O=C(CN1C(=O)[C@@H]2CCCC[C@H]2C1=O)OCC(=O)c1ccc(Br)s1. The van der Waals surface area contributed by atoms with Crippen LogP contribution in [-0.4, -0.2) is 41.6 Å². The van der Waals surface area contributed by atoms with Crippen LogP contribution in [0.4, 0.5) is 0 Å². The zero-order valence-corrected chi connectivity index (χ0v) is 15.2. The molecule has 2 heterocycles. The quantitative estimate of drug-likeness (QED) is 0.420. The van der Waals surface area contributed by atoms with Gasteiger partial charge in [0.1, 0.15) is 6.54 Å². The summed E-state index contributed by atoms with van der Waals surface area (Å²) < 4.78 is 5.75. The fourth-order valence-corrected chi connectivity index (χ4v) is 4.55. The number of Topliss-reactive ketones (excluding diaryl/α,β-unsaturated/α-hetero) is 1. The van der Waals surface area contributed by atoms with Gasteiger partial charge in [0.25, 0.3) is 0 Å². The molecule has 1 saturated carbocycles. The Hall–Kier alpha value is -1.54. The van der Waals surface area contributed by atoms with Crippen molar-refractivity contribution in [2.75, 3.05) is 13.2 Å². The van der Waals surface area contributed by atoms with E-state index in [4.69, 9.17) is 4.74 Å². The molecule has 1 aromatic rings. The number of nitrogens with zero attached hydrogens (tertiary/aromatic N) is 1. The summed E-state index contributed by atoms with van der Waals surface area (Å²) in [5, 5.41) is 0. The second-order valence-corrected chi connectivity index (χ2v) is 8.41. The van der Waals surface area contributed by atoms with Crippen LogP contribution in [0.5, 0.6) is 0 Å². The summed E-state index contributed by atoms with van der Waals surface area (Å²) in [4.78, 5) is 49.8. The van der Waals surface area contributed by atoms with E-state index in [1.807, 2.05) is 0 Å². The molecule has 2 atom stereocenters. The fourth-order valence-electron chi connectivity index (χ4n) is 3.24. The Morgan fingerprint density at radius 2 is 1.79 bits per heavy atom. The van der Waals surface area contributed by atoms with Crippen LogP contribution >= 0.6 is 27.3 Å². The van der Waals surface area contributed by atoms with E-state index in [0.29, 0.717) is 17.7 Å². The summed E-state index contributed by atoms with van der Waals surface area (Å²) >= 11 is 4.51. The van der Waals surface area contributed by atoms with Crippen molar-refractivity contribution in [2.24, 2.45) is 11.8 Å². The number of halogens is 1. The average molecular weight is 414 g/mol. The molecule has 0 aromatic carbocycles. The van der Waals surface area contributed by atoms with Gasteiger partial charge < -0.3 is 4.74 Å². The minimum Gasteiger partial charge on any atom is -0.456 e. The van der Waals surface area contributed by atoms with Gasteiger partial charge in [0.15, 0.2) is 6.61 Å². The Balaban J connectivity index is 1.54. The van der Waals surface area contributed by atoms with E-state index in [2.05, 4.69) is 15.9 Å². The molecule has 6 nitrogen and oxygen atoms in total. The lowest BCUT2D eigenvalue weighted by atomic mass is 9.81. The van der Waals surface area contributed by atoms with E-state index in [1.54, 1.807) is 12.1 Å². The Kier molecular flexibility index (Phi) is 5.15. The highest BCUT2D eigenvalue weighted by Gasteiger charge is 2.48. The molecule has 1 aromatic heterocycles. The Morgan fingerprint density at radius 3 is 2.33 bits per heavy atom. The standard InChI is InChI=1S/C16H16BrNO5S/c17-13-6-5-12(24-13)11(19)8-23-14(20)7-18-15(21)9-3-1-2-4-10(9)16(18)22/h5-6,9-10H,1-4,7-8H2/t9-,10-/m1/s1. The van der Waals surface area contributed by atoms with Crippen LogP contribution in [0.15, 0.2) is 15.9 Å². The number of esters is 1. The first-order valence-electron chi connectivity index (χ1n) is 7.76. The lowest BCUT2D eigenvalue weighted by Gasteiger charge is -2.19. The van der Waals surface area contributed by atoms with E-state index in [-0.39, 0.29) is 29.4 Å². The van der Waals surface area contributed by atoms with Crippen molar-refractivity contribution >= 4 is 50.8 Å². The second-order valence-electron chi connectivity index (χ2n) is 5.95. The van der Waals surface area contributed by atoms with Gasteiger partial charge in [-0.3, -0.25) is 24.1 Å². The molecule has 1 saturated heterocycles. The number of ketones is 1. The minimum atomic E-state index is -0.737. The fraction of sp³-hybridized carbons (Fsp3) is 0.500. The highest BCUT2D eigenvalue weighted by Crippen LogP contribution is 2.37. The van der Waals surface area contributed by atoms with Gasteiger partial charge >= 0.3 is 5.97 Å². The molecule has 1 aliphatic heterocycles. The molecule has 8 heteroatoms. The Labute approximate surface area is 151 Å². The van der Waals surface area contributed by atoms with Crippen molar-refractivity contribution in [3.05, 3.63) is 20.8 Å². The lowest BCUT2D eigenvalue weighted by Crippen LogP contribution is -2.37. The van der Waals surface area contributed by atoms with Crippen LogP contribution in [0.25, 0.3) is 0 Å². The lowest BCUT2D eigenvalue weighted by molar-refractivity contribution is -0.152. The Bertz CT molecular complexity index is 676. The molecule has 2 amide bonds. The van der Waals surface area contributed by atoms with Gasteiger partial charge in [-0.25, -0.2) is 0 Å². The Morgan fingerprint density at radius 1 is 1.17 bits per heavy atom. The summed E-state index contributed by atoms with van der Waals surface area (Å²) in [6.45, 7) is -0.805. The third kappa shape index (κ3) is 3.44. The zero-order chi connectivity index (χ0) is 17.3. The average Bonchev–Trinajstić information content (AvgIpc) is 3.11. The molecule has 0 bridgehead atoms. The van der Waals surface area contributed by atoms with Crippen molar-refractivity contribution in [2.45, 2.75) is 25.7 Å². The molecule has 2 aliphatic rings. The number of fused-ring (bicyclic) bond motifs is 1. The highest BCUT2D eigenvalue weighted by atomic mass is 79.9. The van der Waals surface area contributed by atoms with Gasteiger partial charge in [0.05, 0.1) is 20.5 Å². The predicted octanol–water partition coefficient (Wildman–Crippen LogP) is 2.41. The van der Waals surface area contributed by atoms with Crippen LogP contribution in [0.1, 0.15) is 35.4 Å². The molecular formula is C16H16BrNO5S. The molecule has 1 aliphatic carbocycles. The molecular weight excluding hydrogens is 398 g/mol. The molecule has 0 N–H and O–H groups in total. The first kappa shape index (κ1) is 17.3. The third-order valence-corrected chi connectivity index (χ3v) is 6.10. The number of carbonyl (C=O) groups excluding carboxylic acids is 4. The molecule has 2 fully saturated rings. The van der Waals surface area contributed by atoms with Crippen molar-refractivity contribution < 1.29 is 23.9 Å². The summed E-state index contributed by atoms with van der Waals surface area (Å²) in [6.07, 6.45) is 3.27. The van der Waals surface area contributed by atoms with Crippen molar-refractivity contribution in [1.29, 1.82) is 0 Å². The maximum Gasteiger partial charge on any atom is 0.326 e. The van der Waals surface area contributed by atoms with E-state index in [1.165, 1.54) is 11.3 Å². The predicted molar refractivity (Wildman–Crippen MR) is 89.5 cm³/mol. The van der Waals surface area contributed by atoms with Crippen molar-refractivity contribution in [3.8, 4) is 0 Å². The maximum absolute atomic E-state index is 12.3. The zero-order valence-electron chi connectivity index (χ0n) is 12.8. The van der Waals surface area contributed by atoms with Gasteiger partial charge in [-0.15, -0.1) is 11.3 Å². The van der Waals surface area contributed by atoms with Gasteiger partial charge in [-0.2, -0.15) is 0 Å². The number of rotatable bonds is 5. The molecule has 0 spiro atoms. The number of ether oxygens (including phenoxy) is 1. The molecule has 3 rings (SSSR count). The van der Waals surface area contributed by atoms with Gasteiger partial charge in [0.2, 0.25) is 17.6 Å². The first-order chi connectivity index (χ1) is 11.5. The summed E-state index contributed by atoms with van der Waals surface area (Å²) in [6, 6.07) is 3.38. The number of hydrogen-bond donors (Lipinski definition) is 0. The van der Waals surface area contributed by atoms with E-state index >= 15 is 0 Å². The largest absolute Gasteiger partial charge is 0.456 e. The van der Waals surface area contributed by atoms with Gasteiger partial charge in [-0.1, -0.05) is 12.8 Å². The van der Waals surface area contributed by atoms with E-state index in [0.717, 1.165) is 21.5 Å². The van der Waals surface area contributed by atoms with Crippen molar-refractivity contribution in [1.82, 2.24) is 4.90 Å². The smallest absolute Gasteiger partial charge is 0.326 e. The highest BCUT2D eigenvalue weighted by molar-refractivity contribution is 9.11. The van der Waals surface area contributed by atoms with Crippen molar-refractivity contribution in [3.63, 3.8) is 0 Å². The number of amides is 2. The van der Waals surface area contributed by atoms with E-state index in [9.17, 15) is 19.2 Å². The maximum atomic E-state index is 12.3. The van der Waals surface area contributed by atoms with Gasteiger partial charge in [0, 0.05) is 0 Å². The van der Waals surface area contributed by atoms with E-state index < -0.39 is 19.1 Å². The van der Waals surface area contributed by atoms with Gasteiger partial charge in [-0.05, 0) is 40.9 Å². The summed E-state index contributed by atoms with van der Waals surface area (Å²) in [5.74, 6) is -2.19. The normalized spacial score (nSPS) is 23.3. The first-order valence-corrected chi connectivity index (χ1v) is 9.37. The number of thiophene rings is 1. The van der Waals surface area contributed by atoms with Crippen LogP contribution in [-0.2, 0) is 19.1 Å². The summed E-state index contributed by atoms with van der Waals surface area (Å²) in [5.41, 5.74) is 0. The minimum absolute atomic E-state index is 0.282. The number of hydrogen-bond acceptors (Lipinski definition) is 6. The topological polar surface area (TPSA) is 80.8 Å². The third-order valence-electron chi connectivity index (χ3n) is 4.43. The second kappa shape index (κ2) is 7.14. The van der Waals surface area contributed by atoms with Crippen LogP contribution in [0, 0.1) is 11.8 Å². The molecule has 128 valence electrons. The van der Waals surface area contributed by atoms with Crippen LogP contribution in [0.3, 0.4) is 0 Å². The number of imide groups is 1. The molecule has 0 unspecified atom stereocenters. The van der Waals surface area contributed by atoms with Crippen LogP contribution in [0.2, 0.25) is 0 Å². The number of carbonyl (C=O) groups is 4. The van der Waals surface area contributed by atoms with Crippen LogP contribution < -0.4 is 0 Å². The number of likely N-dealkylation sites (tertiary alicyclic amines) is 1. The molecule has 0 radical (unpaired) electrons. The summed E-state index contributed by atoms with van der Waals surface area (Å²) in [7, 11) is 0. The molecule has 24 heavy (non-hydrogen) atoms.